The number of oxime groups is 1. The summed E-state index contributed by atoms with van der Waals surface area (Å²) in [6.45, 7) is 2.77. The lowest BCUT2D eigenvalue weighted by molar-refractivity contribution is -0.161. The number of aromatic nitrogens is 1. The maximum Gasteiger partial charge on any atom is 0.350 e. The summed E-state index contributed by atoms with van der Waals surface area (Å²) >= 11 is 1.23. The molecule has 11 nitrogen and oxygen atoms in total. The van der Waals surface area contributed by atoms with Gasteiger partial charge in [-0.15, -0.1) is 11.3 Å². The second kappa shape index (κ2) is 7.88. The molecule has 0 aromatic carbocycles. The minimum absolute atomic E-state index is 0.183. The topological polar surface area (TPSA) is 159 Å². The summed E-state index contributed by atoms with van der Waals surface area (Å²) < 4.78 is 0. The number of amides is 2. The van der Waals surface area contributed by atoms with Gasteiger partial charge in [-0.25, -0.2) is 9.78 Å². The van der Waals surface area contributed by atoms with Crippen LogP contribution in [0.1, 0.15) is 19.5 Å². The van der Waals surface area contributed by atoms with Crippen molar-refractivity contribution in [1.29, 1.82) is 0 Å². The highest BCUT2D eigenvalue weighted by Crippen LogP contribution is 2.19. The number of likely N-dealkylation sites (N-methyl/N-ethyl adjacent to an activating group) is 1. The molecule has 2 atom stereocenters. The minimum Gasteiger partial charge on any atom is -0.478 e. The summed E-state index contributed by atoms with van der Waals surface area (Å²) in [6.07, 6.45) is 0. The third-order valence-electron chi connectivity index (χ3n) is 4.08. The summed E-state index contributed by atoms with van der Waals surface area (Å²) in [5.74, 6) is -2.24. The van der Waals surface area contributed by atoms with E-state index >= 15 is 0 Å². The Morgan fingerprint density at radius 2 is 2.19 bits per heavy atom. The number of anilines is 1. The highest BCUT2D eigenvalue weighted by atomic mass is 32.1. The van der Waals surface area contributed by atoms with Gasteiger partial charge in [-0.3, -0.25) is 9.59 Å². The molecule has 0 spiro atoms. The minimum atomic E-state index is -1.65. The Morgan fingerprint density at radius 3 is 2.70 bits per heavy atom. The molecule has 1 saturated heterocycles. The molecule has 2 rings (SSSR count). The van der Waals surface area contributed by atoms with Gasteiger partial charge in [0, 0.05) is 26.0 Å². The van der Waals surface area contributed by atoms with E-state index in [2.05, 4.69) is 20.8 Å². The van der Waals surface area contributed by atoms with E-state index in [1.165, 1.54) is 30.1 Å². The predicted octanol–water partition coefficient (Wildman–Crippen LogP) is -0.947. The van der Waals surface area contributed by atoms with Crippen molar-refractivity contribution in [3.05, 3.63) is 11.1 Å². The molecule has 12 heteroatoms. The molecule has 1 aromatic rings. The summed E-state index contributed by atoms with van der Waals surface area (Å²) in [5, 5.41) is 20.4. The second-order valence-electron chi connectivity index (χ2n) is 6.34. The first-order valence-corrected chi connectivity index (χ1v) is 8.91. The number of thiazole rings is 1. The van der Waals surface area contributed by atoms with Crippen LogP contribution in [0.15, 0.2) is 10.5 Å². The van der Waals surface area contributed by atoms with Crippen molar-refractivity contribution in [1.82, 2.24) is 15.2 Å². The van der Waals surface area contributed by atoms with Gasteiger partial charge in [0.2, 0.25) is 11.5 Å². The average molecular weight is 398 g/mol. The van der Waals surface area contributed by atoms with Crippen molar-refractivity contribution in [3.8, 4) is 0 Å². The molecule has 27 heavy (non-hydrogen) atoms. The van der Waals surface area contributed by atoms with Gasteiger partial charge in [0.05, 0.1) is 6.04 Å². The van der Waals surface area contributed by atoms with E-state index in [1.807, 2.05) is 0 Å². The average Bonchev–Trinajstić information content (AvgIpc) is 3.09. The molecule has 2 heterocycles. The third kappa shape index (κ3) is 4.17. The first-order chi connectivity index (χ1) is 12.6. The first-order valence-electron chi connectivity index (χ1n) is 8.03. The van der Waals surface area contributed by atoms with Crippen LogP contribution in [0.3, 0.4) is 0 Å². The Labute approximate surface area is 159 Å². The number of carbonyl (C=O) groups is 3. The van der Waals surface area contributed by atoms with Gasteiger partial charge < -0.3 is 31.2 Å². The van der Waals surface area contributed by atoms with Gasteiger partial charge in [-0.05, 0) is 13.8 Å². The lowest BCUT2D eigenvalue weighted by Gasteiger charge is -2.44. The molecule has 1 aromatic heterocycles. The van der Waals surface area contributed by atoms with Gasteiger partial charge in [-0.1, -0.05) is 5.16 Å². The van der Waals surface area contributed by atoms with Crippen molar-refractivity contribution < 1.29 is 24.3 Å². The molecule has 5 N–H and O–H groups in total. The Balaban J connectivity index is 2.27. The summed E-state index contributed by atoms with van der Waals surface area (Å²) in [7, 11) is 3.26. The van der Waals surface area contributed by atoms with Crippen LogP contribution in [0, 0.1) is 0 Å². The quantitative estimate of drug-likeness (QED) is 0.248. The Morgan fingerprint density at radius 1 is 1.52 bits per heavy atom. The Bertz CT molecular complexity index is 777. The zero-order chi connectivity index (χ0) is 20.4. The predicted molar refractivity (Wildman–Crippen MR) is 98.5 cm³/mol. The number of hydrogen-bond donors (Lipinski definition) is 4. The maximum atomic E-state index is 12.7. The zero-order valence-electron chi connectivity index (χ0n) is 15.3. The molecule has 2 amide bonds. The van der Waals surface area contributed by atoms with Crippen LogP contribution in [0.5, 0.6) is 0 Å². The van der Waals surface area contributed by atoms with Gasteiger partial charge in [0.15, 0.2) is 10.8 Å². The number of carboxylic acids is 1. The maximum absolute atomic E-state index is 12.7. The first kappa shape index (κ1) is 20.6. The number of nitrogens with zero attached hydrogens (tertiary/aromatic N) is 3. The molecule has 0 bridgehead atoms. The largest absolute Gasteiger partial charge is 0.478 e. The van der Waals surface area contributed by atoms with E-state index in [4.69, 9.17) is 15.7 Å². The van der Waals surface area contributed by atoms with E-state index in [0.717, 1.165) is 0 Å². The number of aliphatic carboxylic acids is 1. The van der Waals surface area contributed by atoms with Crippen LogP contribution in [0.25, 0.3) is 0 Å². The van der Waals surface area contributed by atoms with E-state index in [0.29, 0.717) is 5.13 Å². The van der Waals surface area contributed by atoms with Gasteiger partial charge in [0.25, 0.3) is 5.91 Å². The molecule has 1 aliphatic rings. The molecule has 1 fully saturated rings. The van der Waals surface area contributed by atoms with Crippen LogP contribution in [-0.2, 0) is 19.2 Å². The summed E-state index contributed by atoms with van der Waals surface area (Å²) in [4.78, 5) is 46.6. The zero-order valence-corrected chi connectivity index (χ0v) is 16.2. The fraction of sp³-hybridized carbons (Fsp3) is 0.533. The number of likely N-dealkylation sites (tertiary alicyclic amines) is 1. The van der Waals surface area contributed by atoms with Crippen LogP contribution in [-0.4, -0.2) is 76.8 Å². The SMILES string of the molecule is CNc1nc(/C(=N/OC(C)(C)C(=O)O)C(=O)N[C@@H]2C(=O)N(C)[C@@H]2CN)cs1. The van der Waals surface area contributed by atoms with Crippen LogP contribution in [0.4, 0.5) is 5.13 Å². The highest BCUT2D eigenvalue weighted by Gasteiger charge is 2.45. The molecule has 0 radical (unpaired) electrons. The molecular weight excluding hydrogens is 376 g/mol. The van der Waals surface area contributed by atoms with Crippen molar-refractivity contribution in [2.45, 2.75) is 31.5 Å². The van der Waals surface area contributed by atoms with Gasteiger partial charge >= 0.3 is 5.97 Å². The Kier molecular flexibility index (Phi) is 6.01. The molecule has 148 valence electrons. The van der Waals surface area contributed by atoms with Crippen molar-refractivity contribution in [2.24, 2.45) is 10.9 Å². The normalized spacial score (nSPS) is 20.1. The molecule has 0 saturated carbocycles. The van der Waals surface area contributed by atoms with Gasteiger partial charge in [0.1, 0.15) is 11.7 Å². The fourth-order valence-corrected chi connectivity index (χ4v) is 2.91. The molecule has 1 aliphatic heterocycles. The molecular formula is C15H22N6O5S. The number of carboxylic acid groups (broad SMARTS) is 1. The van der Waals surface area contributed by atoms with Crippen molar-refractivity contribution in [2.75, 3.05) is 26.0 Å². The number of nitrogens with two attached hydrogens (primary N) is 1. The smallest absolute Gasteiger partial charge is 0.350 e. The van der Waals surface area contributed by atoms with Crippen LogP contribution in [0.2, 0.25) is 0 Å². The number of nitrogens with one attached hydrogen (secondary N) is 2. The van der Waals surface area contributed by atoms with E-state index in [9.17, 15) is 14.4 Å². The lowest BCUT2D eigenvalue weighted by Crippen LogP contribution is -2.71. The van der Waals surface area contributed by atoms with Gasteiger partial charge in [-0.2, -0.15) is 0 Å². The number of carbonyl (C=O) groups excluding carboxylic acids is 2. The fourth-order valence-electron chi connectivity index (χ4n) is 2.25. The molecule has 0 aliphatic carbocycles. The summed E-state index contributed by atoms with van der Waals surface area (Å²) in [6, 6.07) is -1.12. The van der Waals surface area contributed by atoms with E-state index < -0.39 is 23.5 Å². The van der Waals surface area contributed by atoms with E-state index in [1.54, 1.807) is 19.5 Å². The monoisotopic (exact) mass is 398 g/mol. The number of rotatable bonds is 8. The molecule has 0 unspecified atom stereocenters. The van der Waals surface area contributed by atoms with Crippen molar-refractivity contribution >= 4 is 40.0 Å². The summed E-state index contributed by atoms with van der Waals surface area (Å²) in [5.41, 5.74) is 3.92. The lowest BCUT2D eigenvalue weighted by atomic mass is 9.96. The number of hydrogen-bond acceptors (Lipinski definition) is 9. The van der Waals surface area contributed by atoms with E-state index in [-0.39, 0.29) is 29.9 Å². The van der Waals surface area contributed by atoms with Crippen LogP contribution >= 0.6 is 11.3 Å². The third-order valence-corrected chi connectivity index (χ3v) is 4.94. The van der Waals surface area contributed by atoms with Crippen molar-refractivity contribution in [3.63, 3.8) is 0 Å². The standard InChI is InChI=1S/C15H22N6O5S/c1-15(2,13(24)25)26-20-9(7-6-27-14(17-3)18-7)11(22)19-10-8(5-16)21(4)12(10)23/h6,8,10H,5,16H2,1-4H3,(H,17,18)(H,19,22)(H,24,25)/b20-9-/t8-,10+/m1/s1. The number of β-lactam (4-membered cyclic amide) rings is 1. The Hall–Kier alpha value is -2.73. The second-order valence-corrected chi connectivity index (χ2v) is 7.20. The highest BCUT2D eigenvalue weighted by molar-refractivity contribution is 7.14. The van der Waals surface area contributed by atoms with Crippen LogP contribution < -0.4 is 16.4 Å².